The molecule has 0 radical (unpaired) electrons. The summed E-state index contributed by atoms with van der Waals surface area (Å²) in [5.41, 5.74) is 1.78. The first-order valence-corrected chi connectivity index (χ1v) is 6.02. The minimum atomic E-state index is 0.00810. The predicted octanol–water partition coefficient (Wildman–Crippen LogP) is 2.94. The highest BCUT2D eigenvalue weighted by molar-refractivity contribution is 5.98. The fourth-order valence-corrected chi connectivity index (χ4v) is 1.77. The maximum absolute atomic E-state index is 11.9. The Hall–Kier alpha value is -1.77. The fraction of sp³-hybridized carbons (Fsp3) is 0.357. The van der Waals surface area contributed by atoms with Crippen molar-refractivity contribution in [1.82, 2.24) is 10.3 Å². The molecule has 0 fully saturated rings. The Balaban J connectivity index is 2.03. The lowest BCUT2D eigenvalue weighted by Crippen LogP contribution is -2.25. The lowest BCUT2D eigenvalue weighted by molar-refractivity contribution is 0.0952. The minimum absolute atomic E-state index is 0.00810. The molecule has 90 valence electrons. The van der Waals surface area contributed by atoms with Crippen LogP contribution in [-0.2, 0) is 0 Å². The van der Waals surface area contributed by atoms with E-state index in [1.165, 1.54) is 0 Å². The molecule has 3 heteroatoms. The van der Waals surface area contributed by atoms with Crippen LogP contribution in [0.3, 0.4) is 0 Å². The van der Waals surface area contributed by atoms with Gasteiger partial charge in [0.2, 0.25) is 0 Å². The number of aromatic amines is 1. The third kappa shape index (κ3) is 2.87. The molecule has 0 atom stereocenters. The Morgan fingerprint density at radius 2 is 2.18 bits per heavy atom. The van der Waals surface area contributed by atoms with E-state index in [1.54, 1.807) is 0 Å². The number of amides is 1. The average molecular weight is 230 g/mol. The monoisotopic (exact) mass is 230 g/mol. The smallest absolute Gasteiger partial charge is 0.251 e. The highest BCUT2D eigenvalue weighted by Crippen LogP contribution is 2.14. The fourth-order valence-electron chi connectivity index (χ4n) is 1.77. The van der Waals surface area contributed by atoms with Crippen LogP contribution in [0.4, 0.5) is 0 Å². The number of H-pyrrole nitrogens is 1. The second kappa shape index (κ2) is 5.04. The van der Waals surface area contributed by atoms with E-state index >= 15 is 0 Å². The second-order valence-electron chi connectivity index (χ2n) is 4.72. The van der Waals surface area contributed by atoms with Crippen LogP contribution in [0.5, 0.6) is 0 Å². The Bertz CT molecular complexity index is 514. The number of carbonyl (C=O) groups excluding carboxylic acids is 1. The molecule has 0 saturated carbocycles. The van der Waals surface area contributed by atoms with Gasteiger partial charge in [-0.2, -0.15) is 0 Å². The van der Waals surface area contributed by atoms with Crippen LogP contribution < -0.4 is 5.32 Å². The van der Waals surface area contributed by atoms with E-state index in [0.717, 1.165) is 29.4 Å². The van der Waals surface area contributed by atoms with Gasteiger partial charge in [-0.05, 0) is 36.6 Å². The predicted molar refractivity (Wildman–Crippen MR) is 70.1 cm³/mol. The molecule has 1 aromatic heterocycles. The maximum Gasteiger partial charge on any atom is 0.251 e. The minimum Gasteiger partial charge on any atom is -0.361 e. The molecule has 0 bridgehead atoms. The summed E-state index contributed by atoms with van der Waals surface area (Å²) >= 11 is 0. The first-order valence-electron chi connectivity index (χ1n) is 6.02. The number of hydrogen-bond donors (Lipinski definition) is 2. The lowest BCUT2D eigenvalue weighted by atomic mass is 10.1. The number of aromatic nitrogens is 1. The summed E-state index contributed by atoms with van der Waals surface area (Å²) in [6.07, 6.45) is 2.89. The van der Waals surface area contributed by atoms with Gasteiger partial charge in [-0.1, -0.05) is 13.8 Å². The SMILES string of the molecule is CC(C)CCNC(=O)c1ccc2[nH]ccc2c1. The van der Waals surface area contributed by atoms with Gasteiger partial charge in [0.25, 0.3) is 5.91 Å². The Morgan fingerprint density at radius 3 is 2.94 bits per heavy atom. The van der Waals surface area contributed by atoms with Crippen molar-refractivity contribution in [2.24, 2.45) is 5.92 Å². The van der Waals surface area contributed by atoms with Crippen molar-refractivity contribution in [3.8, 4) is 0 Å². The molecule has 3 nitrogen and oxygen atoms in total. The molecule has 0 saturated heterocycles. The van der Waals surface area contributed by atoms with Crippen molar-refractivity contribution in [2.45, 2.75) is 20.3 Å². The summed E-state index contributed by atoms with van der Waals surface area (Å²) in [5.74, 6) is 0.621. The molecule has 0 aliphatic heterocycles. The summed E-state index contributed by atoms with van der Waals surface area (Å²) in [7, 11) is 0. The van der Waals surface area contributed by atoms with Gasteiger partial charge in [0, 0.05) is 29.2 Å². The second-order valence-corrected chi connectivity index (χ2v) is 4.72. The Morgan fingerprint density at radius 1 is 1.35 bits per heavy atom. The van der Waals surface area contributed by atoms with Gasteiger partial charge in [-0.25, -0.2) is 0 Å². The van der Waals surface area contributed by atoms with Crippen molar-refractivity contribution in [3.05, 3.63) is 36.0 Å². The molecule has 0 spiro atoms. The van der Waals surface area contributed by atoms with Crippen LogP contribution in [0.1, 0.15) is 30.6 Å². The van der Waals surface area contributed by atoms with Gasteiger partial charge in [0.1, 0.15) is 0 Å². The maximum atomic E-state index is 11.9. The van der Waals surface area contributed by atoms with Gasteiger partial charge in [-0.3, -0.25) is 4.79 Å². The summed E-state index contributed by atoms with van der Waals surface area (Å²) < 4.78 is 0. The first kappa shape index (κ1) is 11.7. The summed E-state index contributed by atoms with van der Waals surface area (Å²) in [4.78, 5) is 15.0. The van der Waals surface area contributed by atoms with Crippen molar-refractivity contribution >= 4 is 16.8 Å². The van der Waals surface area contributed by atoms with Gasteiger partial charge >= 0.3 is 0 Å². The van der Waals surface area contributed by atoms with Crippen molar-refractivity contribution < 1.29 is 4.79 Å². The van der Waals surface area contributed by atoms with Crippen LogP contribution >= 0.6 is 0 Å². The highest BCUT2D eigenvalue weighted by Gasteiger charge is 2.06. The lowest BCUT2D eigenvalue weighted by Gasteiger charge is -2.07. The zero-order valence-electron chi connectivity index (χ0n) is 10.3. The topological polar surface area (TPSA) is 44.9 Å². The van der Waals surface area contributed by atoms with Crippen LogP contribution in [-0.4, -0.2) is 17.4 Å². The molecule has 1 aromatic carbocycles. The molecule has 0 aliphatic carbocycles. The highest BCUT2D eigenvalue weighted by atomic mass is 16.1. The molecule has 1 amide bonds. The van der Waals surface area contributed by atoms with Crippen LogP contribution in [0.25, 0.3) is 10.9 Å². The van der Waals surface area contributed by atoms with E-state index < -0.39 is 0 Å². The first-order chi connectivity index (χ1) is 8.16. The van der Waals surface area contributed by atoms with Gasteiger partial charge < -0.3 is 10.3 Å². The number of benzene rings is 1. The van der Waals surface area contributed by atoms with E-state index in [2.05, 4.69) is 24.1 Å². The normalized spacial score (nSPS) is 11.0. The zero-order valence-corrected chi connectivity index (χ0v) is 10.3. The Labute approximate surface area is 101 Å². The molecular weight excluding hydrogens is 212 g/mol. The number of rotatable bonds is 4. The van der Waals surface area contributed by atoms with Crippen molar-refractivity contribution in [2.75, 3.05) is 6.54 Å². The molecule has 2 aromatic rings. The van der Waals surface area contributed by atoms with E-state index in [-0.39, 0.29) is 5.91 Å². The summed E-state index contributed by atoms with van der Waals surface area (Å²) in [5, 5.41) is 4.01. The zero-order chi connectivity index (χ0) is 12.3. The van der Waals surface area contributed by atoms with Gasteiger partial charge in [0.15, 0.2) is 0 Å². The molecule has 1 heterocycles. The quantitative estimate of drug-likeness (QED) is 0.833. The summed E-state index contributed by atoms with van der Waals surface area (Å²) in [6, 6.07) is 7.67. The Kier molecular flexibility index (Phi) is 3.47. The van der Waals surface area contributed by atoms with Crippen LogP contribution in [0, 0.1) is 5.92 Å². The van der Waals surface area contributed by atoms with E-state index in [9.17, 15) is 4.79 Å². The van der Waals surface area contributed by atoms with Crippen molar-refractivity contribution in [3.63, 3.8) is 0 Å². The van der Waals surface area contributed by atoms with E-state index in [4.69, 9.17) is 0 Å². The number of nitrogens with one attached hydrogen (secondary N) is 2. The third-order valence-electron chi connectivity index (χ3n) is 2.82. The molecule has 0 aliphatic rings. The average Bonchev–Trinajstić information content (AvgIpc) is 2.75. The van der Waals surface area contributed by atoms with E-state index in [1.807, 2.05) is 30.5 Å². The molecule has 17 heavy (non-hydrogen) atoms. The van der Waals surface area contributed by atoms with Crippen LogP contribution in [0.2, 0.25) is 0 Å². The molecule has 2 rings (SSSR count). The van der Waals surface area contributed by atoms with Crippen LogP contribution in [0.15, 0.2) is 30.5 Å². The molecular formula is C14H18N2O. The number of hydrogen-bond acceptors (Lipinski definition) is 1. The van der Waals surface area contributed by atoms with Gasteiger partial charge in [-0.15, -0.1) is 0 Å². The third-order valence-corrected chi connectivity index (χ3v) is 2.82. The molecule has 2 N–H and O–H groups in total. The molecule has 0 unspecified atom stereocenters. The van der Waals surface area contributed by atoms with Crippen molar-refractivity contribution in [1.29, 1.82) is 0 Å². The number of fused-ring (bicyclic) bond motifs is 1. The largest absolute Gasteiger partial charge is 0.361 e. The van der Waals surface area contributed by atoms with E-state index in [0.29, 0.717) is 5.92 Å². The number of carbonyl (C=O) groups is 1. The summed E-state index contributed by atoms with van der Waals surface area (Å²) in [6.45, 7) is 5.04. The van der Waals surface area contributed by atoms with Gasteiger partial charge in [0.05, 0.1) is 0 Å². The standard InChI is InChI=1S/C14H18N2O/c1-10(2)5-7-16-14(17)12-3-4-13-11(9-12)6-8-15-13/h3-4,6,8-10,15H,5,7H2,1-2H3,(H,16,17).